The summed E-state index contributed by atoms with van der Waals surface area (Å²) in [5, 5.41) is 0. The minimum absolute atomic E-state index is 0.283. The van der Waals surface area contributed by atoms with E-state index < -0.39 is 12.1 Å². The van der Waals surface area contributed by atoms with Crippen LogP contribution < -0.4 is 4.74 Å². The molecule has 0 saturated carbocycles. The lowest BCUT2D eigenvalue weighted by Crippen LogP contribution is -2.24. The smallest absolute Gasteiger partial charge is 0.338 e. The molecule has 0 amide bonds. The van der Waals surface area contributed by atoms with E-state index in [4.69, 9.17) is 9.47 Å². The summed E-state index contributed by atoms with van der Waals surface area (Å²) in [6, 6.07) is 13.6. The number of unbranched alkanes of at least 4 members (excludes halogenated alkanes) is 4. The third-order valence-electron chi connectivity index (χ3n) is 5.81. The first-order valence-electron chi connectivity index (χ1n) is 12.5. The number of aryl methyl sites for hydroxylation is 1. The van der Waals surface area contributed by atoms with Crippen molar-refractivity contribution >= 4 is 11.8 Å². The minimum atomic E-state index is -0.921. The van der Waals surface area contributed by atoms with Crippen LogP contribution in [-0.4, -0.2) is 34.4 Å². The molecule has 6 heteroatoms. The van der Waals surface area contributed by atoms with Gasteiger partial charge in [0.2, 0.25) is 5.78 Å². The lowest BCUT2D eigenvalue weighted by atomic mass is 10.1. The second kappa shape index (κ2) is 13.9. The first-order valence-corrected chi connectivity index (χ1v) is 12.5. The average Bonchev–Trinajstić information content (AvgIpc) is 2.92. The Morgan fingerprint density at radius 2 is 1.56 bits per heavy atom. The van der Waals surface area contributed by atoms with Gasteiger partial charge >= 0.3 is 5.97 Å². The maximum absolute atomic E-state index is 12.7. The number of benzene rings is 2. The zero-order valence-corrected chi connectivity index (χ0v) is 21.1. The summed E-state index contributed by atoms with van der Waals surface area (Å²) in [4.78, 5) is 34.2. The van der Waals surface area contributed by atoms with E-state index >= 15 is 0 Å². The zero-order chi connectivity index (χ0) is 25.8. The van der Waals surface area contributed by atoms with E-state index in [1.807, 2.05) is 12.4 Å². The molecule has 0 aliphatic heterocycles. The van der Waals surface area contributed by atoms with Gasteiger partial charge in [-0.1, -0.05) is 57.4 Å². The van der Waals surface area contributed by atoms with Crippen LogP contribution in [0.5, 0.6) is 5.75 Å². The molecule has 0 radical (unpaired) electrons. The van der Waals surface area contributed by atoms with Gasteiger partial charge in [-0.3, -0.25) is 4.79 Å². The van der Waals surface area contributed by atoms with Gasteiger partial charge in [0.15, 0.2) is 11.9 Å². The van der Waals surface area contributed by atoms with Crippen molar-refractivity contribution in [3.05, 3.63) is 90.3 Å². The summed E-state index contributed by atoms with van der Waals surface area (Å²) in [5.41, 5.74) is 2.74. The number of carbonyl (C=O) groups is 2. The zero-order valence-electron chi connectivity index (χ0n) is 21.1. The predicted octanol–water partition coefficient (Wildman–Crippen LogP) is 6.65. The summed E-state index contributed by atoms with van der Waals surface area (Å²) in [6.45, 7) is 7.77. The molecule has 0 fully saturated rings. The van der Waals surface area contributed by atoms with E-state index in [2.05, 4.69) is 23.5 Å². The molecule has 0 bridgehead atoms. The van der Waals surface area contributed by atoms with Gasteiger partial charge in [-0.25, -0.2) is 14.8 Å². The topological polar surface area (TPSA) is 78.4 Å². The molecule has 1 aromatic heterocycles. The molecule has 0 aliphatic carbocycles. The van der Waals surface area contributed by atoms with E-state index in [9.17, 15) is 9.59 Å². The Bertz CT molecular complexity index is 1120. The van der Waals surface area contributed by atoms with Crippen LogP contribution in [0.15, 0.2) is 73.6 Å². The second-order valence-corrected chi connectivity index (χ2v) is 8.69. The van der Waals surface area contributed by atoms with Crippen molar-refractivity contribution in [3.63, 3.8) is 0 Å². The quantitative estimate of drug-likeness (QED) is 0.110. The summed E-state index contributed by atoms with van der Waals surface area (Å²) in [6.07, 6.45) is 11.6. The van der Waals surface area contributed by atoms with Gasteiger partial charge in [0.05, 0.1) is 5.56 Å². The maximum atomic E-state index is 12.7. The van der Waals surface area contributed by atoms with Crippen LogP contribution in [0, 0.1) is 0 Å². The molecule has 2 aromatic carbocycles. The van der Waals surface area contributed by atoms with E-state index in [1.165, 1.54) is 25.7 Å². The van der Waals surface area contributed by atoms with Crippen LogP contribution >= 0.6 is 0 Å². The lowest BCUT2D eigenvalue weighted by molar-refractivity contribution is 0.0319. The average molecular weight is 487 g/mol. The van der Waals surface area contributed by atoms with Crippen LogP contribution in [0.1, 0.15) is 72.2 Å². The number of nitrogens with zero attached hydrogens (tertiary/aromatic N) is 2. The molecule has 6 nitrogen and oxygen atoms in total. The van der Waals surface area contributed by atoms with Gasteiger partial charge in [0.1, 0.15) is 12.4 Å². The first-order chi connectivity index (χ1) is 17.5. The number of esters is 1. The molecule has 0 aliphatic rings. The SMILES string of the molecule is C=CCOc1ccc(C(=O)C(C)OC(=O)c2ccc(-c3ncc(CCCCCCC)cn3)cc2)cc1. The Morgan fingerprint density at radius 1 is 0.917 bits per heavy atom. The Balaban J connectivity index is 1.53. The monoisotopic (exact) mass is 486 g/mol. The van der Waals surface area contributed by atoms with Crippen LogP contribution in [0.2, 0.25) is 0 Å². The van der Waals surface area contributed by atoms with Crippen molar-refractivity contribution in [1.82, 2.24) is 9.97 Å². The molecule has 3 aromatic rings. The fourth-order valence-electron chi connectivity index (χ4n) is 3.71. The normalized spacial score (nSPS) is 11.5. The van der Waals surface area contributed by atoms with E-state index in [0.717, 1.165) is 24.0 Å². The maximum Gasteiger partial charge on any atom is 0.338 e. The highest BCUT2D eigenvalue weighted by Gasteiger charge is 2.20. The van der Waals surface area contributed by atoms with Crippen LogP contribution in [0.4, 0.5) is 0 Å². The molecule has 0 spiro atoms. The Hall–Kier alpha value is -3.80. The van der Waals surface area contributed by atoms with Crippen LogP contribution in [0.25, 0.3) is 11.4 Å². The third-order valence-corrected chi connectivity index (χ3v) is 5.81. The van der Waals surface area contributed by atoms with E-state index in [0.29, 0.717) is 29.3 Å². The number of Topliss-reactive ketones (excluding diaryl/α,β-unsaturated/α-hetero) is 1. The number of ketones is 1. The van der Waals surface area contributed by atoms with Crippen molar-refractivity contribution < 1.29 is 19.1 Å². The predicted molar refractivity (Wildman–Crippen MR) is 141 cm³/mol. The van der Waals surface area contributed by atoms with E-state index in [-0.39, 0.29) is 5.78 Å². The van der Waals surface area contributed by atoms with Crippen LogP contribution in [-0.2, 0) is 11.2 Å². The number of hydrogen-bond acceptors (Lipinski definition) is 6. The van der Waals surface area contributed by atoms with Gasteiger partial charge in [-0.05, 0) is 61.7 Å². The molecule has 36 heavy (non-hydrogen) atoms. The van der Waals surface area contributed by atoms with Crippen molar-refractivity contribution in [2.45, 2.75) is 58.5 Å². The molecule has 1 heterocycles. The summed E-state index contributed by atoms with van der Waals surface area (Å²) in [7, 11) is 0. The largest absolute Gasteiger partial charge is 0.490 e. The van der Waals surface area contributed by atoms with Crippen molar-refractivity contribution in [1.29, 1.82) is 0 Å². The molecular weight excluding hydrogens is 452 g/mol. The third kappa shape index (κ3) is 7.87. The number of rotatable bonds is 14. The van der Waals surface area contributed by atoms with E-state index in [1.54, 1.807) is 61.5 Å². The number of carbonyl (C=O) groups excluding carboxylic acids is 2. The minimum Gasteiger partial charge on any atom is -0.490 e. The number of ether oxygens (including phenoxy) is 2. The van der Waals surface area contributed by atoms with Gasteiger partial charge in [-0.2, -0.15) is 0 Å². The second-order valence-electron chi connectivity index (χ2n) is 8.69. The molecule has 188 valence electrons. The molecule has 1 atom stereocenters. The molecule has 3 rings (SSSR count). The first kappa shape index (κ1) is 26.8. The standard InChI is InChI=1S/C30H34N2O4/c1-4-6-7-8-9-10-23-20-31-29(32-21-23)25-11-13-26(14-12-25)30(34)36-22(3)28(33)24-15-17-27(18-16-24)35-19-5-2/h5,11-18,20-22H,2,4,6-10,19H2,1,3H3. The fourth-order valence-corrected chi connectivity index (χ4v) is 3.71. The highest BCUT2D eigenvalue weighted by molar-refractivity contribution is 6.01. The van der Waals surface area contributed by atoms with Crippen molar-refractivity contribution in [3.8, 4) is 17.1 Å². The highest BCUT2D eigenvalue weighted by Crippen LogP contribution is 2.18. The van der Waals surface area contributed by atoms with Crippen LogP contribution in [0.3, 0.4) is 0 Å². The lowest BCUT2D eigenvalue weighted by Gasteiger charge is -2.13. The van der Waals surface area contributed by atoms with Gasteiger partial charge in [-0.15, -0.1) is 0 Å². The van der Waals surface area contributed by atoms with Crippen molar-refractivity contribution in [2.75, 3.05) is 6.61 Å². The Labute approximate surface area is 213 Å². The molecule has 0 N–H and O–H groups in total. The Kier molecular flexibility index (Phi) is 10.4. The number of hydrogen-bond donors (Lipinski definition) is 0. The fraction of sp³-hybridized carbons (Fsp3) is 0.333. The molecule has 0 saturated heterocycles. The van der Waals surface area contributed by atoms with Gasteiger partial charge in [0.25, 0.3) is 0 Å². The molecular formula is C30H34N2O4. The summed E-state index contributed by atoms with van der Waals surface area (Å²) >= 11 is 0. The number of aromatic nitrogens is 2. The van der Waals surface area contributed by atoms with Crippen molar-refractivity contribution in [2.24, 2.45) is 0 Å². The highest BCUT2D eigenvalue weighted by atomic mass is 16.5. The summed E-state index contributed by atoms with van der Waals surface area (Å²) < 4.78 is 10.8. The van der Waals surface area contributed by atoms with Gasteiger partial charge < -0.3 is 9.47 Å². The van der Waals surface area contributed by atoms with Gasteiger partial charge in [0, 0.05) is 23.5 Å². The summed E-state index contributed by atoms with van der Waals surface area (Å²) in [5.74, 6) is 0.396. The molecule has 1 unspecified atom stereocenters. The Morgan fingerprint density at radius 3 is 2.19 bits per heavy atom.